The summed E-state index contributed by atoms with van der Waals surface area (Å²) in [7, 11) is 0. The second kappa shape index (κ2) is 5.42. The summed E-state index contributed by atoms with van der Waals surface area (Å²) in [5, 5.41) is 7.30. The minimum absolute atomic E-state index is 0.255. The van der Waals surface area contributed by atoms with Gasteiger partial charge in [-0.3, -0.25) is 9.67 Å². The molecule has 23 heavy (non-hydrogen) atoms. The average Bonchev–Trinajstić information content (AvgIpc) is 3.25. The standard InChI is InChI=1S/C18H16FN3S/c1-11-2-4-12(5-3-11)15-10-16(15)17-20-21-18(23)22(17)14-8-6-13(19)7-9-14/h2-9,15-16H,10H2,1H3,(H,21,23)/t15-,16-/m1/s1. The van der Waals surface area contributed by atoms with Crippen molar-refractivity contribution in [3.63, 3.8) is 0 Å². The number of rotatable bonds is 3. The number of hydrogen-bond acceptors (Lipinski definition) is 2. The number of aromatic amines is 1. The minimum Gasteiger partial charge on any atom is -0.272 e. The molecule has 2 atom stereocenters. The van der Waals surface area contributed by atoms with Crippen LogP contribution in [0.3, 0.4) is 0 Å². The Hall–Kier alpha value is -2.27. The maximum absolute atomic E-state index is 13.2. The van der Waals surface area contributed by atoms with Crippen molar-refractivity contribution in [1.29, 1.82) is 0 Å². The number of benzene rings is 2. The van der Waals surface area contributed by atoms with E-state index in [1.54, 1.807) is 12.1 Å². The lowest BCUT2D eigenvalue weighted by molar-refractivity contribution is 0.627. The molecule has 5 heteroatoms. The van der Waals surface area contributed by atoms with E-state index in [0.29, 0.717) is 16.6 Å². The molecule has 0 radical (unpaired) electrons. The Morgan fingerprint density at radius 3 is 2.48 bits per heavy atom. The van der Waals surface area contributed by atoms with E-state index in [1.807, 2.05) is 4.57 Å². The van der Waals surface area contributed by atoms with Gasteiger partial charge in [-0.25, -0.2) is 4.39 Å². The molecular weight excluding hydrogens is 309 g/mol. The number of aryl methyl sites for hydroxylation is 1. The Morgan fingerprint density at radius 2 is 1.78 bits per heavy atom. The van der Waals surface area contributed by atoms with Crippen LogP contribution >= 0.6 is 12.2 Å². The van der Waals surface area contributed by atoms with Crippen LogP contribution in [-0.2, 0) is 0 Å². The summed E-state index contributed by atoms with van der Waals surface area (Å²) < 4.78 is 15.6. The van der Waals surface area contributed by atoms with Gasteiger partial charge in [0.15, 0.2) is 4.77 Å². The van der Waals surface area contributed by atoms with Crippen LogP contribution in [-0.4, -0.2) is 14.8 Å². The lowest BCUT2D eigenvalue weighted by atomic mass is 10.1. The highest BCUT2D eigenvalue weighted by atomic mass is 32.1. The molecule has 0 amide bonds. The van der Waals surface area contributed by atoms with Crippen molar-refractivity contribution in [2.45, 2.75) is 25.2 Å². The second-order valence-corrected chi connectivity index (χ2v) is 6.44. The molecule has 2 aromatic carbocycles. The van der Waals surface area contributed by atoms with Gasteiger partial charge in [0.05, 0.1) is 0 Å². The van der Waals surface area contributed by atoms with Crippen molar-refractivity contribution in [1.82, 2.24) is 14.8 Å². The van der Waals surface area contributed by atoms with Gasteiger partial charge in [-0.05, 0) is 61.3 Å². The molecule has 0 bridgehead atoms. The average molecular weight is 325 g/mol. The van der Waals surface area contributed by atoms with Crippen LogP contribution in [0.5, 0.6) is 0 Å². The van der Waals surface area contributed by atoms with E-state index in [0.717, 1.165) is 17.9 Å². The zero-order chi connectivity index (χ0) is 16.0. The molecule has 1 fully saturated rings. The molecule has 1 aliphatic rings. The molecule has 0 spiro atoms. The van der Waals surface area contributed by atoms with Crippen molar-refractivity contribution in [2.24, 2.45) is 0 Å². The van der Waals surface area contributed by atoms with Crippen LogP contribution in [0.4, 0.5) is 4.39 Å². The molecule has 3 aromatic rings. The van der Waals surface area contributed by atoms with Gasteiger partial charge in [0, 0.05) is 11.6 Å². The molecule has 1 aromatic heterocycles. The topological polar surface area (TPSA) is 33.6 Å². The van der Waals surface area contributed by atoms with Gasteiger partial charge in [0.1, 0.15) is 11.6 Å². The highest BCUT2D eigenvalue weighted by Gasteiger charge is 2.43. The fourth-order valence-corrected chi connectivity index (χ4v) is 3.30. The first-order valence-electron chi connectivity index (χ1n) is 7.63. The Balaban J connectivity index is 1.68. The fraction of sp³-hybridized carbons (Fsp3) is 0.222. The maximum Gasteiger partial charge on any atom is 0.199 e. The maximum atomic E-state index is 13.2. The van der Waals surface area contributed by atoms with Gasteiger partial charge in [0.2, 0.25) is 0 Å². The lowest BCUT2D eigenvalue weighted by Crippen LogP contribution is -2.01. The third-order valence-electron chi connectivity index (χ3n) is 4.41. The molecule has 4 rings (SSSR count). The first-order chi connectivity index (χ1) is 11.1. The van der Waals surface area contributed by atoms with E-state index in [1.165, 1.54) is 23.3 Å². The third-order valence-corrected chi connectivity index (χ3v) is 4.68. The number of halogens is 1. The van der Waals surface area contributed by atoms with Crippen molar-refractivity contribution in [2.75, 3.05) is 0 Å². The summed E-state index contributed by atoms with van der Waals surface area (Å²) in [6, 6.07) is 15.0. The second-order valence-electron chi connectivity index (χ2n) is 6.06. The van der Waals surface area contributed by atoms with Crippen molar-refractivity contribution < 1.29 is 4.39 Å². The van der Waals surface area contributed by atoms with Crippen molar-refractivity contribution >= 4 is 12.2 Å². The molecule has 1 aliphatic carbocycles. The van der Waals surface area contributed by atoms with Crippen LogP contribution in [0.1, 0.15) is 35.2 Å². The zero-order valence-electron chi connectivity index (χ0n) is 12.7. The molecule has 1 N–H and O–H groups in total. The quantitative estimate of drug-likeness (QED) is 0.711. The van der Waals surface area contributed by atoms with Gasteiger partial charge < -0.3 is 0 Å². The molecule has 1 saturated carbocycles. The Kier molecular flexibility index (Phi) is 3.38. The van der Waals surface area contributed by atoms with Gasteiger partial charge in [-0.2, -0.15) is 5.10 Å². The lowest BCUT2D eigenvalue weighted by Gasteiger charge is -2.07. The minimum atomic E-state index is -0.255. The first-order valence-corrected chi connectivity index (χ1v) is 8.04. The largest absolute Gasteiger partial charge is 0.272 e. The number of nitrogens with zero attached hydrogens (tertiary/aromatic N) is 2. The molecule has 0 unspecified atom stereocenters. The molecule has 116 valence electrons. The summed E-state index contributed by atoms with van der Waals surface area (Å²) in [4.78, 5) is 0. The Morgan fingerprint density at radius 1 is 1.09 bits per heavy atom. The number of nitrogens with one attached hydrogen (secondary N) is 1. The van der Waals surface area contributed by atoms with Crippen LogP contribution < -0.4 is 0 Å². The fourth-order valence-electron chi connectivity index (χ4n) is 3.06. The van der Waals surface area contributed by atoms with E-state index in [-0.39, 0.29) is 5.82 Å². The predicted molar refractivity (Wildman–Crippen MR) is 90.0 cm³/mol. The number of H-pyrrole nitrogens is 1. The van der Waals surface area contributed by atoms with E-state index in [2.05, 4.69) is 41.4 Å². The van der Waals surface area contributed by atoms with Gasteiger partial charge in [-0.15, -0.1) is 0 Å². The summed E-state index contributed by atoms with van der Waals surface area (Å²) in [6.07, 6.45) is 1.06. The zero-order valence-corrected chi connectivity index (χ0v) is 13.5. The summed E-state index contributed by atoms with van der Waals surface area (Å²) in [5.74, 6) is 1.48. The van der Waals surface area contributed by atoms with Crippen LogP contribution in [0.15, 0.2) is 48.5 Å². The van der Waals surface area contributed by atoms with E-state index in [9.17, 15) is 4.39 Å². The van der Waals surface area contributed by atoms with E-state index < -0.39 is 0 Å². The molecule has 0 aliphatic heterocycles. The molecule has 0 saturated heterocycles. The molecule has 1 heterocycles. The van der Waals surface area contributed by atoms with Crippen molar-refractivity contribution in [3.05, 3.63) is 76.1 Å². The third kappa shape index (κ3) is 2.61. The summed E-state index contributed by atoms with van der Waals surface area (Å²) >= 11 is 5.36. The smallest absolute Gasteiger partial charge is 0.199 e. The van der Waals surface area contributed by atoms with Gasteiger partial charge in [-0.1, -0.05) is 29.8 Å². The molecular formula is C18H16FN3S. The van der Waals surface area contributed by atoms with Gasteiger partial charge in [0.25, 0.3) is 0 Å². The highest BCUT2D eigenvalue weighted by Crippen LogP contribution is 2.54. The van der Waals surface area contributed by atoms with Crippen LogP contribution in [0.2, 0.25) is 0 Å². The SMILES string of the molecule is Cc1ccc([C@H]2C[C@H]2c2n[nH]c(=S)n2-c2ccc(F)cc2)cc1. The van der Waals surface area contributed by atoms with E-state index >= 15 is 0 Å². The Bertz CT molecular complexity index is 893. The Labute approximate surface area is 138 Å². The van der Waals surface area contributed by atoms with E-state index in [4.69, 9.17) is 12.2 Å². The monoisotopic (exact) mass is 325 g/mol. The number of aromatic nitrogens is 3. The predicted octanol–water partition coefficient (Wildman–Crippen LogP) is 4.65. The first kappa shape index (κ1) is 14.3. The summed E-state index contributed by atoms with van der Waals surface area (Å²) in [5.41, 5.74) is 3.44. The molecule has 3 nitrogen and oxygen atoms in total. The number of hydrogen-bond donors (Lipinski definition) is 1. The van der Waals surface area contributed by atoms with Crippen LogP contribution in [0, 0.1) is 17.5 Å². The highest BCUT2D eigenvalue weighted by molar-refractivity contribution is 7.71. The summed E-state index contributed by atoms with van der Waals surface area (Å²) in [6.45, 7) is 2.09. The van der Waals surface area contributed by atoms with Gasteiger partial charge >= 0.3 is 0 Å². The van der Waals surface area contributed by atoms with Crippen LogP contribution in [0.25, 0.3) is 5.69 Å². The normalized spacial score (nSPS) is 19.7. The van der Waals surface area contributed by atoms with Crippen molar-refractivity contribution in [3.8, 4) is 5.69 Å².